The van der Waals surface area contributed by atoms with Crippen molar-refractivity contribution in [2.75, 3.05) is 19.8 Å². The number of phenolic OH excluding ortho intramolecular Hbond substituents is 2. The Morgan fingerprint density at radius 2 is 1.79 bits per heavy atom. The molecule has 7 unspecified atom stereocenters. The van der Waals surface area contributed by atoms with E-state index in [1.807, 2.05) is 19.1 Å². The lowest BCUT2D eigenvalue weighted by molar-refractivity contribution is -0.267. The van der Waals surface area contributed by atoms with Crippen LogP contribution in [0.15, 0.2) is 45.6 Å². The van der Waals surface area contributed by atoms with Gasteiger partial charge in [0.15, 0.2) is 11.7 Å². The summed E-state index contributed by atoms with van der Waals surface area (Å²) in [7, 11) is 0. The number of hydrogen-bond donors (Lipinski definition) is 7. The van der Waals surface area contributed by atoms with Gasteiger partial charge < -0.3 is 54.4 Å². The van der Waals surface area contributed by atoms with Crippen LogP contribution in [0.25, 0.3) is 22.3 Å². The summed E-state index contributed by atoms with van der Waals surface area (Å²) >= 11 is 0. The molecule has 2 aliphatic rings. The molecule has 12 heteroatoms. The smallest absolute Gasteiger partial charge is 0.197 e. The Labute approximate surface area is 215 Å². The summed E-state index contributed by atoms with van der Waals surface area (Å²) in [5, 5.41) is 72.6. The normalized spacial score (nSPS) is 31.6. The summed E-state index contributed by atoms with van der Waals surface area (Å²) < 4.78 is 22.3. The first-order valence-electron chi connectivity index (χ1n) is 11.9. The molecule has 0 spiro atoms. The van der Waals surface area contributed by atoms with Crippen LogP contribution in [-0.4, -0.2) is 91.9 Å². The Kier molecular flexibility index (Phi) is 6.92. The predicted molar refractivity (Wildman–Crippen MR) is 129 cm³/mol. The molecule has 0 amide bonds. The molecule has 3 aromatic rings. The molecule has 7 N–H and O–H groups in total. The van der Waals surface area contributed by atoms with Crippen LogP contribution < -0.4 is 5.43 Å². The van der Waals surface area contributed by atoms with Gasteiger partial charge in [-0.15, -0.1) is 0 Å². The highest BCUT2D eigenvalue weighted by atomic mass is 16.7. The van der Waals surface area contributed by atoms with Crippen molar-refractivity contribution < 1.29 is 54.4 Å². The van der Waals surface area contributed by atoms with Crippen molar-refractivity contribution >= 4 is 11.0 Å². The van der Waals surface area contributed by atoms with Gasteiger partial charge in [-0.3, -0.25) is 4.79 Å². The molecule has 2 fully saturated rings. The minimum absolute atomic E-state index is 0.108. The highest BCUT2D eigenvalue weighted by Gasteiger charge is 2.52. The van der Waals surface area contributed by atoms with E-state index in [2.05, 4.69) is 0 Å². The zero-order valence-corrected chi connectivity index (χ0v) is 20.2. The summed E-state index contributed by atoms with van der Waals surface area (Å²) in [6.07, 6.45) is -9.39. The fourth-order valence-corrected chi connectivity index (χ4v) is 4.70. The molecular formula is C26H28O12. The number of aromatic hydroxyl groups is 2. The molecule has 12 nitrogen and oxygen atoms in total. The maximum absolute atomic E-state index is 13.1. The van der Waals surface area contributed by atoms with Crippen LogP contribution in [0.4, 0.5) is 0 Å². The van der Waals surface area contributed by atoms with Crippen LogP contribution in [0.5, 0.6) is 11.5 Å². The van der Waals surface area contributed by atoms with Gasteiger partial charge in [0, 0.05) is 17.7 Å². The largest absolute Gasteiger partial charge is 0.507 e. The highest BCUT2D eigenvalue weighted by molar-refractivity contribution is 5.88. The van der Waals surface area contributed by atoms with E-state index >= 15 is 0 Å². The maximum Gasteiger partial charge on any atom is 0.197 e. The lowest BCUT2D eigenvalue weighted by atomic mass is 9.91. The number of ether oxygens (including phenoxy) is 3. The third-order valence-corrected chi connectivity index (χ3v) is 6.98. The second-order valence-electron chi connectivity index (χ2n) is 9.67. The van der Waals surface area contributed by atoms with E-state index in [0.717, 1.165) is 11.6 Å². The fourth-order valence-electron chi connectivity index (χ4n) is 4.70. The number of rotatable bonds is 5. The Morgan fingerprint density at radius 3 is 2.45 bits per heavy atom. The molecule has 2 aromatic carbocycles. The fraction of sp³-hybridized carbons (Fsp3) is 0.423. The first-order chi connectivity index (χ1) is 18.0. The molecule has 0 bridgehead atoms. The Balaban J connectivity index is 1.55. The standard InChI is InChI=1S/C26H28O12/c1-11-2-4-12(5-3-11)16-6-13(28)18-17(37-16)7-14(29)19(21(18)32)22-23(20(31)15(30)8-35-22)38-25-24(33)26(34,9-27)10-36-25/h2-7,15,20,22-25,27,29-34H,8-10H2,1H3. The second kappa shape index (κ2) is 9.91. The number of aliphatic hydroxyl groups excluding tert-OH is 4. The number of benzene rings is 2. The summed E-state index contributed by atoms with van der Waals surface area (Å²) in [6.45, 7) is 0.169. The topological polar surface area (TPSA) is 200 Å². The zero-order valence-electron chi connectivity index (χ0n) is 20.2. The van der Waals surface area contributed by atoms with Gasteiger partial charge in [-0.25, -0.2) is 0 Å². The minimum Gasteiger partial charge on any atom is -0.507 e. The van der Waals surface area contributed by atoms with Crippen molar-refractivity contribution in [1.82, 2.24) is 0 Å². The quantitative estimate of drug-likeness (QED) is 0.229. The summed E-state index contributed by atoms with van der Waals surface area (Å²) in [4.78, 5) is 13.1. The molecule has 0 saturated carbocycles. The highest BCUT2D eigenvalue weighted by Crippen LogP contribution is 2.45. The van der Waals surface area contributed by atoms with E-state index in [4.69, 9.17) is 18.6 Å². The van der Waals surface area contributed by atoms with E-state index in [-0.39, 0.29) is 22.3 Å². The number of aliphatic hydroxyl groups is 5. The molecule has 1 aromatic heterocycles. The summed E-state index contributed by atoms with van der Waals surface area (Å²) in [5.41, 5.74) is -1.46. The maximum atomic E-state index is 13.1. The van der Waals surface area contributed by atoms with Crippen LogP contribution in [0, 0.1) is 6.92 Å². The SMILES string of the molecule is Cc1ccc(-c2cc(=O)c3c(O)c(C4OCC(O)C(O)C4OC4OCC(O)(CO)C4O)c(O)cc3o2)cc1. The molecule has 2 saturated heterocycles. The van der Waals surface area contributed by atoms with E-state index in [0.29, 0.717) is 5.56 Å². The lowest BCUT2D eigenvalue weighted by Crippen LogP contribution is -2.54. The molecule has 38 heavy (non-hydrogen) atoms. The van der Waals surface area contributed by atoms with Gasteiger partial charge in [0.05, 0.1) is 25.4 Å². The van der Waals surface area contributed by atoms with Crippen LogP contribution in [0.1, 0.15) is 17.2 Å². The molecule has 204 valence electrons. The van der Waals surface area contributed by atoms with Crippen molar-refractivity contribution in [1.29, 1.82) is 0 Å². The van der Waals surface area contributed by atoms with Crippen molar-refractivity contribution in [3.05, 3.63) is 57.7 Å². The van der Waals surface area contributed by atoms with E-state index < -0.39 is 79.2 Å². The Bertz CT molecular complexity index is 1390. The zero-order chi connectivity index (χ0) is 27.4. The number of fused-ring (bicyclic) bond motifs is 1. The Hall–Kier alpha value is -3.07. The molecule has 5 rings (SSSR count). The van der Waals surface area contributed by atoms with Gasteiger partial charge in [0.2, 0.25) is 0 Å². The van der Waals surface area contributed by atoms with Crippen LogP contribution >= 0.6 is 0 Å². The van der Waals surface area contributed by atoms with Gasteiger partial charge in [-0.05, 0) is 6.92 Å². The van der Waals surface area contributed by atoms with Crippen LogP contribution in [0.3, 0.4) is 0 Å². The van der Waals surface area contributed by atoms with Gasteiger partial charge in [0.25, 0.3) is 0 Å². The third kappa shape index (κ3) is 4.44. The third-order valence-electron chi connectivity index (χ3n) is 6.98. The lowest BCUT2D eigenvalue weighted by Gasteiger charge is -2.40. The summed E-state index contributed by atoms with van der Waals surface area (Å²) in [6, 6.07) is 9.51. The van der Waals surface area contributed by atoms with E-state index in [1.54, 1.807) is 12.1 Å². The van der Waals surface area contributed by atoms with Gasteiger partial charge in [-0.1, -0.05) is 29.8 Å². The van der Waals surface area contributed by atoms with Crippen molar-refractivity contribution in [3.8, 4) is 22.8 Å². The monoisotopic (exact) mass is 532 g/mol. The van der Waals surface area contributed by atoms with Gasteiger partial charge in [-0.2, -0.15) is 0 Å². The van der Waals surface area contributed by atoms with E-state index in [9.17, 15) is 40.5 Å². The van der Waals surface area contributed by atoms with Crippen molar-refractivity contribution in [2.24, 2.45) is 0 Å². The molecule has 0 aliphatic carbocycles. The second-order valence-corrected chi connectivity index (χ2v) is 9.67. The van der Waals surface area contributed by atoms with Crippen molar-refractivity contribution in [3.63, 3.8) is 0 Å². The average molecular weight is 532 g/mol. The van der Waals surface area contributed by atoms with Crippen LogP contribution in [0.2, 0.25) is 0 Å². The van der Waals surface area contributed by atoms with Gasteiger partial charge in [0.1, 0.15) is 64.3 Å². The Morgan fingerprint density at radius 1 is 1.08 bits per heavy atom. The number of hydrogen-bond acceptors (Lipinski definition) is 12. The first-order valence-corrected chi connectivity index (χ1v) is 11.9. The summed E-state index contributed by atoms with van der Waals surface area (Å²) in [5.74, 6) is -1.03. The van der Waals surface area contributed by atoms with Crippen LogP contribution in [-0.2, 0) is 14.2 Å². The van der Waals surface area contributed by atoms with Gasteiger partial charge >= 0.3 is 0 Å². The molecular weight excluding hydrogens is 504 g/mol. The minimum atomic E-state index is -2.03. The first kappa shape index (κ1) is 26.5. The molecule has 3 heterocycles. The van der Waals surface area contributed by atoms with Crippen molar-refractivity contribution in [2.45, 2.75) is 49.3 Å². The molecule has 7 atom stereocenters. The number of phenols is 2. The molecule has 0 radical (unpaired) electrons. The van der Waals surface area contributed by atoms with E-state index in [1.165, 1.54) is 6.07 Å². The number of aryl methyl sites for hydroxylation is 1. The predicted octanol–water partition coefficient (Wildman–Crippen LogP) is -0.201. The average Bonchev–Trinajstić information content (AvgIpc) is 3.17. The molecule has 2 aliphatic heterocycles.